The Morgan fingerprint density at radius 3 is 2.20 bits per heavy atom. The average Bonchev–Trinajstić information content (AvgIpc) is 2.15. The zero-order chi connectivity index (χ0) is 11.6. The first-order valence-electron chi connectivity index (χ1n) is 4.03. The third kappa shape index (κ3) is 3.12. The van der Waals surface area contributed by atoms with Gasteiger partial charge in [0.2, 0.25) is 4.16 Å². The summed E-state index contributed by atoms with van der Waals surface area (Å²) in [5.74, 6) is -0.683. The molecule has 0 spiro atoms. The minimum Gasteiger partial charge on any atom is -0.292 e. The SMILES string of the molecule is Cc1ccc(C(=O)C(Br)S(=O)(=O)O)cc1. The van der Waals surface area contributed by atoms with Crippen molar-refractivity contribution in [2.75, 3.05) is 0 Å². The number of hydrogen-bond acceptors (Lipinski definition) is 3. The third-order valence-electron chi connectivity index (χ3n) is 1.80. The van der Waals surface area contributed by atoms with Crippen molar-refractivity contribution in [3.05, 3.63) is 35.4 Å². The summed E-state index contributed by atoms with van der Waals surface area (Å²) < 4.78 is 28.5. The van der Waals surface area contributed by atoms with Gasteiger partial charge in [-0.25, -0.2) is 0 Å². The molecule has 1 N–H and O–H groups in total. The molecule has 0 radical (unpaired) electrons. The number of ketones is 1. The molecule has 1 unspecified atom stereocenters. The molecule has 0 aliphatic heterocycles. The van der Waals surface area contributed by atoms with Crippen molar-refractivity contribution in [2.24, 2.45) is 0 Å². The molecule has 1 atom stereocenters. The maximum atomic E-state index is 11.5. The fourth-order valence-electron chi connectivity index (χ4n) is 0.984. The van der Waals surface area contributed by atoms with Gasteiger partial charge in [-0.2, -0.15) is 8.42 Å². The van der Waals surface area contributed by atoms with Gasteiger partial charge in [0.25, 0.3) is 10.1 Å². The van der Waals surface area contributed by atoms with Crippen molar-refractivity contribution in [3.8, 4) is 0 Å². The lowest BCUT2D eigenvalue weighted by Gasteiger charge is -2.05. The predicted octanol–water partition coefficient (Wildman–Crippen LogP) is 1.79. The van der Waals surface area contributed by atoms with Crippen molar-refractivity contribution in [3.63, 3.8) is 0 Å². The van der Waals surface area contributed by atoms with Crippen LogP contribution in [-0.4, -0.2) is 22.9 Å². The standard InChI is InChI=1S/C9H9BrO4S/c1-6-2-4-7(5-3-6)8(11)9(10)15(12,13)14/h2-5,9H,1H3,(H,12,13,14). The molecule has 15 heavy (non-hydrogen) atoms. The summed E-state index contributed by atoms with van der Waals surface area (Å²) in [6, 6.07) is 6.40. The lowest BCUT2D eigenvalue weighted by molar-refractivity contribution is 0.101. The van der Waals surface area contributed by atoms with Gasteiger partial charge in [-0.1, -0.05) is 45.8 Å². The highest BCUT2D eigenvalue weighted by Crippen LogP contribution is 2.15. The smallest absolute Gasteiger partial charge is 0.285 e. The van der Waals surface area contributed by atoms with E-state index in [1.165, 1.54) is 12.1 Å². The molecule has 1 aromatic rings. The number of halogens is 1. The Hall–Kier alpha value is -0.720. The normalized spacial score (nSPS) is 13.5. The van der Waals surface area contributed by atoms with Gasteiger partial charge in [0.05, 0.1) is 0 Å². The zero-order valence-electron chi connectivity index (χ0n) is 7.84. The second kappa shape index (κ2) is 4.42. The number of aryl methyl sites for hydroxylation is 1. The Morgan fingerprint density at radius 1 is 1.33 bits per heavy atom. The number of alkyl halides is 1. The lowest BCUT2D eigenvalue weighted by atomic mass is 10.1. The Bertz CT molecular complexity index is 463. The molecule has 0 heterocycles. The minimum absolute atomic E-state index is 0.236. The molecule has 4 nitrogen and oxygen atoms in total. The first kappa shape index (κ1) is 12.4. The molecule has 6 heteroatoms. The summed E-state index contributed by atoms with van der Waals surface area (Å²) in [6.07, 6.45) is 0. The number of carbonyl (C=O) groups excluding carboxylic acids is 1. The van der Waals surface area contributed by atoms with Crippen molar-refractivity contribution in [2.45, 2.75) is 11.1 Å². The highest BCUT2D eigenvalue weighted by atomic mass is 79.9. The van der Waals surface area contributed by atoms with Crippen LogP contribution in [0.15, 0.2) is 24.3 Å². The van der Waals surface area contributed by atoms with E-state index < -0.39 is 20.1 Å². The van der Waals surface area contributed by atoms with Gasteiger partial charge < -0.3 is 0 Å². The van der Waals surface area contributed by atoms with E-state index in [2.05, 4.69) is 15.9 Å². The number of hydrogen-bond donors (Lipinski definition) is 1. The van der Waals surface area contributed by atoms with Gasteiger partial charge in [0.15, 0.2) is 5.78 Å². The number of carbonyl (C=O) groups is 1. The van der Waals surface area contributed by atoms with E-state index in [0.717, 1.165) is 5.56 Å². The van der Waals surface area contributed by atoms with E-state index in [9.17, 15) is 13.2 Å². The van der Waals surface area contributed by atoms with E-state index in [0.29, 0.717) is 0 Å². The number of rotatable bonds is 3. The van der Waals surface area contributed by atoms with Gasteiger partial charge in [0.1, 0.15) is 0 Å². The summed E-state index contributed by atoms with van der Waals surface area (Å²) in [5, 5.41) is 0. The molecule has 0 amide bonds. The van der Waals surface area contributed by atoms with Crippen molar-refractivity contribution >= 4 is 31.8 Å². The van der Waals surface area contributed by atoms with E-state index in [-0.39, 0.29) is 5.56 Å². The predicted molar refractivity (Wildman–Crippen MR) is 59.8 cm³/mol. The van der Waals surface area contributed by atoms with Crippen molar-refractivity contribution < 1.29 is 17.8 Å². The molecular weight excluding hydrogens is 284 g/mol. The average molecular weight is 293 g/mol. The molecule has 0 saturated carbocycles. The fourth-order valence-corrected chi connectivity index (χ4v) is 1.66. The highest BCUT2D eigenvalue weighted by molar-refractivity contribution is 9.11. The summed E-state index contributed by atoms with van der Waals surface area (Å²) >= 11 is 2.63. The van der Waals surface area contributed by atoms with Crippen molar-refractivity contribution in [1.29, 1.82) is 0 Å². The van der Waals surface area contributed by atoms with Gasteiger partial charge >= 0.3 is 0 Å². The highest BCUT2D eigenvalue weighted by Gasteiger charge is 2.28. The van der Waals surface area contributed by atoms with Crippen LogP contribution in [0.4, 0.5) is 0 Å². The second-order valence-corrected chi connectivity index (χ2v) is 6.08. The topological polar surface area (TPSA) is 71.4 Å². The molecule has 0 bridgehead atoms. The van der Waals surface area contributed by atoms with Gasteiger partial charge in [-0.15, -0.1) is 0 Å². The monoisotopic (exact) mass is 292 g/mol. The first-order valence-corrected chi connectivity index (χ1v) is 6.45. The van der Waals surface area contributed by atoms with Crippen LogP contribution < -0.4 is 0 Å². The number of benzene rings is 1. The van der Waals surface area contributed by atoms with Gasteiger partial charge in [-0.05, 0) is 6.92 Å². The van der Waals surface area contributed by atoms with Gasteiger partial charge in [0, 0.05) is 5.56 Å². The molecule has 0 saturated heterocycles. The summed E-state index contributed by atoms with van der Waals surface area (Å²) in [5.41, 5.74) is 1.20. The summed E-state index contributed by atoms with van der Waals surface area (Å²) in [6.45, 7) is 1.85. The van der Waals surface area contributed by atoms with Crippen LogP contribution in [0.1, 0.15) is 15.9 Å². The lowest BCUT2D eigenvalue weighted by Crippen LogP contribution is -2.23. The first-order chi connectivity index (χ1) is 6.82. The van der Waals surface area contributed by atoms with Crippen LogP contribution in [0, 0.1) is 6.92 Å². The third-order valence-corrected chi connectivity index (χ3v) is 4.37. The molecule has 0 aliphatic rings. The van der Waals surface area contributed by atoms with Crippen LogP contribution in [0.3, 0.4) is 0 Å². The van der Waals surface area contributed by atoms with E-state index in [1.54, 1.807) is 12.1 Å². The van der Waals surface area contributed by atoms with Crippen LogP contribution in [0.25, 0.3) is 0 Å². The Morgan fingerprint density at radius 2 is 1.80 bits per heavy atom. The molecule has 1 aromatic carbocycles. The second-order valence-electron chi connectivity index (χ2n) is 3.06. The van der Waals surface area contributed by atoms with Crippen LogP contribution in [-0.2, 0) is 10.1 Å². The Kier molecular flexibility index (Phi) is 3.64. The fraction of sp³-hybridized carbons (Fsp3) is 0.222. The maximum Gasteiger partial charge on any atom is 0.285 e. The quantitative estimate of drug-likeness (QED) is 0.524. The maximum absolute atomic E-state index is 11.5. The van der Waals surface area contributed by atoms with E-state index >= 15 is 0 Å². The van der Waals surface area contributed by atoms with E-state index in [4.69, 9.17) is 4.55 Å². The largest absolute Gasteiger partial charge is 0.292 e. The van der Waals surface area contributed by atoms with Crippen LogP contribution >= 0.6 is 15.9 Å². The van der Waals surface area contributed by atoms with Crippen LogP contribution in [0.2, 0.25) is 0 Å². The minimum atomic E-state index is -4.39. The zero-order valence-corrected chi connectivity index (χ0v) is 10.2. The summed E-state index contributed by atoms with van der Waals surface area (Å²) in [7, 11) is -4.39. The molecule has 0 aliphatic carbocycles. The Labute approximate surface area is 96.2 Å². The molecule has 0 aromatic heterocycles. The molecular formula is C9H9BrO4S. The molecule has 82 valence electrons. The molecule has 1 rings (SSSR count). The summed E-state index contributed by atoms with van der Waals surface area (Å²) in [4.78, 5) is 11.5. The number of Topliss-reactive ketones (excluding diaryl/α,β-unsaturated/α-hetero) is 1. The van der Waals surface area contributed by atoms with E-state index in [1.807, 2.05) is 6.92 Å². The van der Waals surface area contributed by atoms with Crippen molar-refractivity contribution in [1.82, 2.24) is 0 Å². The van der Waals surface area contributed by atoms with Gasteiger partial charge in [-0.3, -0.25) is 9.35 Å². The Balaban J connectivity index is 3.01. The molecule has 0 fully saturated rings. The van der Waals surface area contributed by atoms with Crippen LogP contribution in [0.5, 0.6) is 0 Å².